The van der Waals surface area contributed by atoms with Gasteiger partial charge in [-0.15, -0.1) is 0 Å². The first-order chi connectivity index (χ1) is 19.0. The predicted octanol–water partition coefficient (Wildman–Crippen LogP) is 5.49. The number of carbonyl (C=O) groups excluding carboxylic acids is 4. The fraction of sp³-hybridized carbons (Fsp3) is 0.655. The van der Waals surface area contributed by atoms with Crippen LogP contribution in [0.3, 0.4) is 0 Å². The minimum Gasteiger partial charge on any atom is -0.462 e. The van der Waals surface area contributed by atoms with Crippen LogP contribution >= 0.6 is 0 Å². The normalized spacial score (nSPS) is 12.3. The summed E-state index contributed by atoms with van der Waals surface area (Å²) in [7, 11) is 0. The molecule has 0 aliphatic carbocycles. The Labute approximate surface area is 236 Å². The molecule has 0 aliphatic rings. The Bertz CT molecular complexity index is 933. The quantitative estimate of drug-likeness (QED) is 0.104. The summed E-state index contributed by atoms with van der Waals surface area (Å²) < 4.78 is 31.1. The van der Waals surface area contributed by atoms with Gasteiger partial charge in [0.15, 0.2) is 11.5 Å². The summed E-state index contributed by atoms with van der Waals surface area (Å²) in [6, 6.07) is 3.36. The Hall–Kier alpha value is -3.34. The molecule has 0 saturated carbocycles. The fourth-order valence-corrected chi connectivity index (χ4v) is 3.36. The maximum atomic E-state index is 12.5. The first kappa shape index (κ1) is 34.7. The van der Waals surface area contributed by atoms with Gasteiger partial charge in [-0.1, -0.05) is 59.4 Å². The molecule has 0 saturated heterocycles. The smallest absolute Gasteiger partial charge is 0.462 e. The molecule has 11 heteroatoms. The van der Waals surface area contributed by atoms with Crippen LogP contribution in [0.25, 0.3) is 0 Å². The molecule has 0 radical (unpaired) electrons. The summed E-state index contributed by atoms with van der Waals surface area (Å²) in [4.78, 5) is 48.6. The monoisotopic (exact) mass is 567 g/mol. The van der Waals surface area contributed by atoms with Crippen LogP contribution in [0.5, 0.6) is 11.5 Å². The maximum absolute atomic E-state index is 12.5. The van der Waals surface area contributed by atoms with Crippen molar-refractivity contribution in [1.29, 1.82) is 0 Å². The van der Waals surface area contributed by atoms with Crippen molar-refractivity contribution in [1.82, 2.24) is 0 Å². The molecule has 0 amide bonds. The highest BCUT2D eigenvalue weighted by atomic mass is 16.7. The summed E-state index contributed by atoms with van der Waals surface area (Å²) >= 11 is 0. The van der Waals surface area contributed by atoms with E-state index in [1.54, 1.807) is 13.0 Å². The van der Waals surface area contributed by atoms with Crippen LogP contribution in [0, 0.1) is 5.92 Å². The number of nitrogens with two attached hydrogens (primary N) is 1. The summed E-state index contributed by atoms with van der Waals surface area (Å²) in [6.45, 7) is 9.75. The maximum Gasteiger partial charge on any atom is 0.513 e. The van der Waals surface area contributed by atoms with E-state index in [-0.39, 0.29) is 56.0 Å². The Balaban J connectivity index is 2.83. The zero-order valence-electron chi connectivity index (χ0n) is 24.4. The average molecular weight is 568 g/mol. The molecule has 0 bridgehead atoms. The highest BCUT2D eigenvalue weighted by molar-refractivity contribution is 5.76. The molecule has 0 spiro atoms. The lowest BCUT2D eigenvalue weighted by atomic mass is 10.1. The van der Waals surface area contributed by atoms with Gasteiger partial charge in [-0.25, -0.2) is 9.59 Å². The summed E-state index contributed by atoms with van der Waals surface area (Å²) in [5.74, 6) is -1.05. The Morgan fingerprint density at radius 2 is 1.38 bits per heavy atom. The van der Waals surface area contributed by atoms with E-state index in [4.69, 9.17) is 34.2 Å². The van der Waals surface area contributed by atoms with E-state index in [1.165, 1.54) is 12.1 Å². The molecule has 0 aromatic heterocycles. The van der Waals surface area contributed by atoms with Crippen LogP contribution in [0.15, 0.2) is 18.2 Å². The first-order valence-corrected chi connectivity index (χ1v) is 14.0. The van der Waals surface area contributed by atoms with Crippen molar-refractivity contribution in [2.45, 2.75) is 98.1 Å². The van der Waals surface area contributed by atoms with Crippen LogP contribution in [0.1, 0.15) is 85.1 Å². The number of unbranched alkanes of at least 4 members (excludes halogenated alkanes) is 4. The number of benzene rings is 1. The second-order valence-electron chi connectivity index (χ2n) is 9.94. The highest BCUT2D eigenvalue weighted by Gasteiger charge is 2.22. The SMILES string of the molecule is CCCCCOC(=O)Oc1ccc(C[C@H](N)C(=O)O[C@@H](C)COC(=O)CC(C)C)cc1OC(=O)OCCCCC. The largest absolute Gasteiger partial charge is 0.513 e. The molecule has 0 fully saturated rings. The Morgan fingerprint density at radius 1 is 0.800 bits per heavy atom. The molecule has 226 valence electrons. The molecular formula is C29H45NO10. The zero-order chi connectivity index (χ0) is 29.9. The van der Waals surface area contributed by atoms with E-state index in [9.17, 15) is 19.2 Å². The zero-order valence-corrected chi connectivity index (χ0v) is 24.4. The molecule has 1 aromatic carbocycles. The van der Waals surface area contributed by atoms with Gasteiger partial charge in [0.25, 0.3) is 0 Å². The lowest BCUT2D eigenvalue weighted by Gasteiger charge is -2.18. The van der Waals surface area contributed by atoms with Crippen molar-refractivity contribution >= 4 is 24.2 Å². The number of ether oxygens (including phenoxy) is 6. The second-order valence-corrected chi connectivity index (χ2v) is 9.94. The van der Waals surface area contributed by atoms with Gasteiger partial charge in [0.2, 0.25) is 0 Å². The fourth-order valence-electron chi connectivity index (χ4n) is 3.36. The van der Waals surface area contributed by atoms with Gasteiger partial charge in [0.05, 0.1) is 13.2 Å². The molecule has 0 aliphatic heterocycles. The third-order valence-corrected chi connectivity index (χ3v) is 5.46. The molecule has 2 N–H and O–H groups in total. The van der Waals surface area contributed by atoms with Crippen LogP contribution in [-0.2, 0) is 35.0 Å². The second kappa shape index (κ2) is 19.7. The third kappa shape index (κ3) is 15.3. The Morgan fingerprint density at radius 3 is 1.93 bits per heavy atom. The molecule has 1 rings (SSSR count). The lowest BCUT2D eigenvalue weighted by molar-refractivity contribution is -0.159. The van der Waals surface area contributed by atoms with Gasteiger partial charge in [-0.2, -0.15) is 0 Å². The van der Waals surface area contributed by atoms with Gasteiger partial charge in [-0.3, -0.25) is 9.59 Å². The number of hydrogen-bond acceptors (Lipinski definition) is 11. The first-order valence-electron chi connectivity index (χ1n) is 14.0. The Kier molecular flexibility index (Phi) is 17.1. The van der Waals surface area contributed by atoms with Crippen LogP contribution in [0.4, 0.5) is 9.59 Å². The van der Waals surface area contributed by atoms with E-state index in [1.807, 2.05) is 27.7 Å². The molecular weight excluding hydrogens is 522 g/mol. The van der Waals surface area contributed by atoms with Gasteiger partial charge in [0, 0.05) is 6.42 Å². The highest BCUT2D eigenvalue weighted by Crippen LogP contribution is 2.30. The lowest BCUT2D eigenvalue weighted by Crippen LogP contribution is -2.37. The van der Waals surface area contributed by atoms with E-state index in [0.29, 0.717) is 18.4 Å². The minimum atomic E-state index is -1.06. The van der Waals surface area contributed by atoms with Crippen molar-refractivity contribution in [3.63, 3.8) is 0 Å². The molecule has 11 nitrogen and oxygen atoms in total. The third-order valence-electron chi connectivity index (χ3n) is 5.46. The van der Waals surface area contributed by atoms with Crippen molar-refractivity contribution in [3.05, 3.63) is 23.8 Å². The van der Waals surface area contributed by atoms with Crippen molar-refractivity contribution in [2.24, 2.45) is 11.7 Å². The van der Waals surface area contributed by atoms with Gasteiger partial charge in [-0.05, 0) is 49.8 Å². The topological polar surface area (TPSA) is 150 Å². The number of rotatable bonds is 18. The van der Waals surface area contributed by atoms with Crippen molar-refractivity contribution in [3.8, 4) is 11.5 Å². The van der Waals surface area contributed by atoms with Crippen LogP contribution in [-0.4, -0.2) is 56.2 Å². The molecule has 0 heterocycles. The molecule has 0 unspecified atom stereocenters. The van der Waals surface area contributed by atoms with Crippen molar-refractivity contribution < 1.29 is 47.6 Å². The molecule has 2 atom stereocenters. The number of hydrogen-bond donors (Lipinski definition) is 1. The summed E-state index contributed by atoms with van der Waals surface area (Å²) in [6.07, 6.45) is 2.84. The van der Waals surface area contributed by atoms with Crippen LogP contribution < -0.4 is 15.2 Å². The van der Waals surface area contributed by atoms with E-state index in [0.717, 1.165) is 25.7 Å². The standard InChI is InChI=1S/C29H45NO10/c1-6-8-10-14-35-28(33)39-24-13-12-22(18-25(24)40-29(34)36-15-11-9-7-2)17-23(30)27(32)38-21(5)19-37-26(31)16-20(3)4/h12-13,18,20-21,23H,6-11,14-17,19,30H2,1-5H3/t21-,23-/m0/s1. The number of esters is 2. The van der Waals surface area contributed by atoms with E-state index >= 15 is 0 Å². The molecule has 1 aromatic rings. The summed E-state index contributed by atoms with van der Waals surface area (Å²) in [5.41, 5.74) is 6.56. The number of carbonyl (C=O) groups is 4. The van der Waals surface area contributed by atoms with Crippen LogP contribution in [0.2, 0.25) is 0 Å². The summed E-state index contributed by atoms with van der Waals surface area (Å²) in [5, 5.41) is 0. The predicted molar refractivity (Wildman–Crippen MR) is 147 cm³/mol. The van der Waals surface area contributed by atoms with Gasteiger partial charge >= 0.3 is 24.2 Å². The molecule has 40 heavy (non-hydrogen) atoms. The van der Waals surface area contributed by atoms with E-state index in [2.05, 4.69) is 0 Å². The van der Waals surface area contributed by atoms with Crippen molar-refractivity contribution in [2.75, 3.05) is 19.8 Å². The van der Waals surface area contributed by atoms with E-state index < -0.39 is 30.4 Å². The minimum absolute atomic E-state index is 0.0301. The average Bonchev–Trinajstić information content (AvgIpc) is 2.89. The van der Waals surface area contributed by atoms with Gasteiger partial charge < -0.3 is 34.2 Å². The van der Waals surface area contributed by atoms with Gasteiger partial charge in [0.1, 0.15) is 18.8 Å².